The van der Waals surface area contributed by atoms with Crippen molar-refractivity contribution >= 4 is 0 Å². The van der Waals surface area contributed by atoms with Gasteiger partial charge in [0.15, 0.2) is 0 Å². The maximum Gasteiger partial charge on any atom is 0.129 e. The second-order valence-corrected chi connectivity index (χ2v) is 8.62. The number of rotatable bonds is 6. The van der Waals surface area contributed by atoms with E-state index in [1.165, 1.54) is 77.6 Å². The van der Waals surface area contributed by atoms with Gasteiger partial charge in [0.25, 0.3) is 0 Å². The van der Waals surface area contributed by atoms with Crippen LogP contribution >= 0.6 is 0 Å². The van der Waals surface area contributed by atoms with E-state index in [1.807, 2.05) is 0 Å². The minimum absolute atomic E-state index is 0.149. The topological polar surface area (TPSA) is 0 Å². The van der Waals surface area contributed by atoms with Crippen LogP contribution in [0.2, 0.25) is 0 Å². The van der Waals surface area contributed by atoms with Crippen molar-refractivity contribution in [2.75, 3.05) is 0 Å². The summed E-state index contributed by atoms with van der Waals surface area (Å²) >= 11 is 0. The standard InChI is InChI=1S/C23H34F2/c1-17-22(24)15-21(16-23(17)25)20-13-11-19(12-14-20)10-6-5-9-18-7-3-2-4-8-18/h15-16,18-20H,2-14H2,1H3. The van der Waals surface area contributed by atoms with Crippen molar-refractivity contribution in [3.8, 4) is 0 Å². The maximum absolute atomic E-state index is 13.8. The van der Waals surface area contributed by atoms with Crippen LogP contribution in [0.3, 0.4) is 0 Å². The Morgan fingerprint density at radius 2 is 1.28 bits per heavy atom. The molecule has 1 aromatic rings. The molecular formula is C23H34F2. The van der Waals surface area contributed by atoms with Crippen LogP contribution in [0.4, 0.5) is 8.78 Å². The highest BCUT2D eigenvalue weighted by Gasteiger charge is 2.23. The Labute approximate surface area is 152 Å². The molecule has 0 N–H and O–H groups in total. The molecule has 0 saturated heterocycles. The molecule has 3 rings (SSSR count). The molecule has 25 heavy (non-hydrogen) atoms. The van der Waals surface area contributed by atoms with Gasteiger partial charge in [0.2, 0.25) is 0 Å². The molecule has 2 heteroatoms. The van der Waals surface area contributed by atoms with Gasteiger partial charge >= 0.3 is 0 Å². The zero-order chi connectivity index (χ0) is 17.6. The number of hydrogen-bond acceptors (Lipinski definition) is 0. The molecule has 0 radical (unpaired) electrons. The first-order chi connectivity index (χ1) is 12.1. The van der Waals surface area contributed by atoms with E-state index in [0.717, 1.165) is 30.2 Å². The van der Waals surface area contributed by atoms with Gasteiger partial charge in [-0.05, 0) is 68.1 Å². The van der Waals surface area contributed by atoms with Gasteiger partial charge in [0.1, 0.15) is 11.6 Å². The third-order valence-electron chi connectivity index (χ3n) is 6.82. The molecule has 0 bridgehead atoms. The third-order valence-corrected chi connectivity index (χ3v) is 6.82. The van der Waals surface area contributed by atoms with Crippen LogP contribution in [0, 0.1) is 30.4 Å². The average molecular weight is 349 g/mol. The van der Waals surface area contributed by atoms with Gasteiger partial charge in [-0.25, -0.2) is 8.78 Å². The average Bonchev–Trinajstić information content (AvgIpc) is 2.64. The number of halogens is 2. The minimum atomic E-state index is -0.389. The quantitative estimate of drug-likeness (QED) is 0.462. The highest BCUT2D eigenvalue weighted by molar-refractivity contribution is 5.28. The van der Waals surface area contributed by atoms with Crippen molar-refractivity contribution in [2.45, 2.75) is 96.3 Å². The fourth-order valence-electron chi connectivity index (χ4n) is 5.03. The SMILES string of the molecule is Cc1c(F)cc(C2CCC(CCCCC3CCCCC3)CC2)cc1F. The largest absolute Gasteiger partial charge is 0.207 e. The molecule has 2 aliphatic carbocycles. The number of benzene rings is 1. The first kappa shape index (κ1) is 18.9. The van der Waals surface area contributed by atoms with E-state index in [0.29, 0.717) is 5.92 Å². The predicted octanol–water partition coefficient (Wildman–Crippen LogP) is 7.69. The van der Waals surface area contributed by atoms with E-state index < -0.39 is 0 Å². The molecule has 0 aliphatic heterocycles. The van der Waals surface area contributed by atoms with Crippen LogP contribution in [-0.2, 0) is 0 Å². The van der Waals surface area contributed by atoms with E-state index in [4.69, 9.17) is 0 Å². The predicted molar refractivity (Wildman–Crippen MR) is 101 cm³/mol. The van der Waals surface area contributed by atoms with Crippen LogP contribution in [0.5, 0.6) is 0 Å². The van der Waals surface area contributed by atoms with Gasteiger partial charge in [-0.3, -0.25) is 0 Å². The van der Waals surface area contributed by atoms with Crippen LogP contribution in [0.15, 0.2) is 12.1 Å². The van der Waals surface area contributed by atoms with E-state index in [-0.39, 0.29) is 17.2 Å². The number of hydrogen-bond donors (Lipinski definition) is 0. The molecule has 0 atom stereocenters. The molecule has 1 aromatic carbocycles. The maximum atomic E-state index is 13.8. The third kappa shape index (κ3) is 5.28. The van der Waals surface area contributed by atoms with Crippen LogP contribution in [-0.4, -0.2) is 0 Å². The molecule has 0 nitrogen and oxygen atoms in total. The summed E-state index contributed by atoms with van der Waals surface area (Å²) < 4.78 is 27.6. The molecule has 0 amide bonds. The van der Waals surface area contributed by atoms with Crippen molar-refractivity contribution in [2.24, 2.45) is 11.8 Å². The van der Waals surface area contributed by atoms with Crippen molar-refractivity contribution in [1.29, 1.82) is 0 Å². The van der Waals surface area contributed by atoms with E-state index in [1.54, 1.807) is 12.1 Å². The first-order valence-corrected chi connectivity index (χ1v) is 10.6. The van der Waals surface area contributed by atoms with Crippen LogP contribution in [0.25, 0.3) is 0 Å². The van der Waals surface area contributed by atoms with Crippen LogP contribution < -0.4 is 0 Å². The molecule has 2 saturated carbocycles. The van der Waals surface area contributed by atoms with Crippen molar-refractivity contribution in [3.63, 3.8) is 0 Å². The van der Waals surface area contributed by atoms with Gasteiger partial charge in [-0.1, -0.05) is 57.8 Å². The fraction of sp³-hybridized carbons (Fsp3) is 0.739. The van der Waals surface area contributed by atoms with E-state index >= 15 is 0 Å². The number of unbranched alkanes of at least 4 members (excludes halogenated alkanes) is 1. The minimum Gasteiger partial charge on any atom is -0.207 e. The summed E-state index contributed by atoms with van der Waals surface area (Å²) in [6.07, 6.45) is 17.5. The summed E-state index contributed by atoms with van der Waals surface area (Å²) in [5.74, 6) is 1.42. The molecular weight excluding hydrogens is 314 g/mol. The summed E-state index contributed by atoms with van der Waals surface area (Å²) in [6, 6.07) is 3.13. The van der Waals surface area contributed by atoms with Gasteiger partial charge in [0, 0.05) is 5.56 Å². The molecule has 0 spiro atoms. The second kappa shape index (κ2) is 9.14. The molecule has 2 aliphatic rings. The molecule has 0 unspecified atom stereocenters. The molecule has 2 fully saturated rings. The first-order valence-electron chi connectivity index (χ1n) is 10.6. The summed E-state index contributed by atoms with van der Waals surface area (Å²) in [4.78, 5) is 0. The fourth-order valence-corrected chi connectivity index (χ4v) is 5.03. The highest BCUT2D eigenvalue weighted by Crippen LogP contribution is 2.38. The second-order valence-electron chi connectivity index (χ2n) is 8.62. The van der Waals surface area contributed by atoms with Crippen molar-refractivity contribution in [3.05, 3.63) is 34.9 Å². The molecule has 0 aromatic heterocycles. The van der Waals surface area contributed by atoms with Gasteiger partial charge in [0.05, 0.1) is 0 Å². The van der Waals surface area contributed by atoms with Gasteiger partial charge in [-0.2, -0.15) is 0 Å². The Balaban J connectivity index is 1.37. The summed E-state index contributed by atoms with van der Waals surface area (Å²) in [5.41, 5.74) is 1.02. The zero-order valence-corrected chi connectivity index (χ0v) is 15.8. The monoisotopic (exact) mass is 348 g/mol. The Hall–Kier alpha value is -0.920. The Bertz CT molecular complexity index is 514. The van der Waals surface area contributed by atoms with Crippen molar-refractivity contribution in [1.82, 2.24) is 0 Å². The lowest BCUT2D eigenvalue weighted by atomic mass is 9.76. The van der Waals surface area contributed by atoms with Gasteiger partial charge in [-0.15, -0.1) is 0 Å². The lowest BCUT2D eigenvalue weighted by Gasteiger charge is -2.29. The summed E-state index contributed by atoms with van der Waals surface area (Å²) in [7, 11) is 0. The summed E-state index contributed by atoms with van der Waals surface area (Å²) in [6.45, 7) is 1.51. The Morgan fingerprint density at radius 1 is 0.760 bits per heavy atom. The molecule has 140 valence electrons. The van der Waals surface area contributed by atoms with E-state index in [9.17, 15) is 8.78 Å². The highest BCUT2D eigenvalue weighted by atomic mass is 19.1. The zero-order valence-electron chi connectivity index (χ0n) is 15.8. The van der Waals surface area contributed by atoms with Crippen LogP contribution in [0.1, 0.15) is 101 Å². The molecule has 0 heterocycles. The lowest BCUT2D eigenvalue weighted by Crippen LogP contribution is -2.14. The van der Waals surface area contributed by atoms with Gasteiger partial charge < -0.3 is 0 Å². The lowest BCUT2D eigenvalue weighted by molar-refractivity contribution is 0.288. The smallest absolute Gasteiger partial charge is 0.129 e. The summed E-state index contributed by atoms with van der Waals surface area (Å²) in [5, 5.41) is 0. The van der Waals surface area contributed by atoms with Crippen molar-refractivity contribution < 1.29 is 8.78 Å². The van der Waals surface area contributed by atoms with E-state index in [2.05, 4.69) is 0 Å². The Morgan fingerprint density at radius 3 is 1.84 bits per heavy atom. The Kier molecular flexibility index (Phi) is 6.90. The normalized spacial score (nSPS) is 25.2.